The van der Waals surface area contributed by atoms with Crippen LogP contribution in [0.25, 0.3) is 11.1 Å². The standard InChI is InChI=1S/C21H15ClF3NO6S/c22-15-9-14(21(23,24)25)10-18(20(15)29)33(30,31)26-16-8-13(12-4-2-1-3-5-12)6-7-17(16)32-11-19(27)28/h1-10,26,29H,11H2,(H,27,28). The third kappa shape index (κ3) is 5.68. The minimum absolute atomic E-state index is 0.196. The summed E-state index contributed by atoms with van der Waals surface area (Å²) in [5, 5.41) is 18.1. The van der Waals surface area contributed by atoms with Gasteiger partial charge in [-0.2, -0.15) is 13.2 Å². The molecule has 0 aliphatic carbocycles. The molecule has 0 heterocycles. The van der Waals surface area contributed by atoms with Gasteiger partial charge >= 0.3 is 12.1 Å². The van der Waals surface area contributed by atoms with Gasteiger partial charge in [0.25, 0.3) is 10.0 Å². The number of hydrogen-bond donors (Lipinski definition) is 3. The Morgan fingerprint density at radius 3 is 2.30 bits per heavy atom. The summed E-state index contributed by atoms with van der Waals surface area (Å²) in [5.41, 5.74) is -0.466. The molecule has 0 radical (unpaired) electrons. The lowest BCUT2D eigenvalue weighted by atomic mass is 10.1. The summed E-state index contributed by atoms with van der Waals surface area (Å²) < 4.78 is 72.4. The Labute approximate surface area is 191 Å². The lowest BCUT2D eigenvalue weighted by Crippen LogP contribution is -2.17. The van der Waals surface area contributed by atoms with Crippen LogP contribution in [0.4, 0.5) is 18.9 Å². The Kier molecular flexibility index (Phi) is 6.75. The number of anilines is 1. The zero-order chi connectivity index (χ0) is 24.4. The molecule has 0 saturated carbocycles. The van der Waals surface area contributed by atoms with E-state index in [-0.39, 0.29) is 17.5 Å². The van der Waals surface area contributed by atoms with Gasteiger partial charge in [-0.1, -0.05) is 48.0 Å². The van der Waals surface area contributed by atoms with Gasteiger partial charge in [0.05, 0.1) is 16.3 Å². The number of benzene rings is 3. The van der Waals surface area contributed by atoms with Crippen molar-refractivity contribution in [1.82, 2.24) is 0 Å². The molecule has 3 rings (SSSR count). The van der Waals surface area contributed by atoms with Gasteiger partial charge in [-0.3, -0.25) is 4.72 Å². The van der Waals surface area contributed by atoms with E-state index in [9.17, 15) is 31.5 Å². The number of hydrogen-bond acceptors (Lipinski definition) is 5. The third-order valence-electron chi connectivity index (χ3n) is 4.33. The lowest BCUT2D eigenvalue weighted by Gasteiger charge is -2.16. The van der Waals surface area contributed by atoms with Crippen LogP contribution in [0.3, 0.4) is 0 Å². The number of sulfonamides is 1. The highest BCUT2D eigenvalue weighted by atomic mass is 35.5. The van der Waals surface area contributed by atoms with Crippen molar-refractivity contribution in [2.75, 3.05) is 11.3 Å². The van der Waals surface area contributed by atoms with Gasteiger partial charge in [-0.15, -0.1) is 0 Å². The molecular weight excluding hydrogens is 487 g/mol. The molecule has 7 nitrogen and oxygen atoms in total. The molecular formula is C21H15ClF3NO6S. The summed E-state index contributed by atoms with van der Waals surface area (Å²) in [6.45, 7) is -0.806. The first-order valence-electron chi connectivity index (χ1n) is 9.05. The summed E-state index contributed by atoms with van der Waals surface area (Å²) in [6, 6.07) is 13.5. The van der Waals surface area contributed by atoms with Crippen LogP contribution < -0.4 is 9.46 Å². The molecule has 0 spiro atoms. The highest BCUT2D eigenvalue weighted by Gasteiger charge is 2.34. The zero-order valence-corrected chi connectivity index (χ0v) is 18.0. The molecule has 0 atom stereocenters. The van der Waals surface area contributed by atoms with Crippen LogP contribution >= 0.6 is 11.6 Å². The van der Waals surface area contributed by atoms with E-state index in [4.69, 9.17) is 21.4 Å². The highest BCUT2D eigenvalue weighted by molar-refractivity contribution is 7.92. The van der Waals surface area contributed by atoms with Crippen molar-refractivity contribution in [3.63, 3.8) is 0 Å². The lowest BCUT2D eigenvalue weighted by molar-refractivity contribution is -0.139. The third-order valence-corrected chi connectivity index (χ3v) is 5.99. The summed E-state index contributed by atoms with van der Waals surface area (Å²) in [4.78, 5) is 9.76. The summed E-state index contributed by atoms with van der Waals surface area (Å²) >= 11 is 5.62. The molecule has 3 aromatic carbocycles. The maximum Gasteiger partial charge on any atom is 0.416 e. The van der Waals surface area contributed by atoms with Crippen LogP contribution in [0.5, 0.6) is 11.5 Å². The number of carbonyl (C=O) groups is 1. The van der Waals surface area contributed by atoms with E-state index < -0.39 is 50.0 Å². The Balaban J connectivity index is 2.10. The maximum absolute atomic E-state index is 13.1. The van der Waals surface area contributed by atoms with E-state index >= 15 is 0 Å². The topological polar surface area (TPSA) is 113 Å². The largest absolute Gasteiger partial charge is 0.505 e. The number of aliphatic carboxylic acids is 1. The van der Waals surface area contributed by atoms with Crippen LogP contribution in [0.15, 0.2) is 65.6 Å². The van der Waals surface area contributed by atoms with E-state index in [0.29, 0.717) is 17.2 Å². The Morgan fingerprint density at radius 1 is 1.03 bits per heavy atom. The zero-order valence-electron chi connectivity index (χ0n) is 16.4. The van der Waals surface area contributed by atoms with E-state index in [2.05, 4.69) is 4.72 Å². The molecule has 0 bridgehead atoms. The van der Waals surface area contributed by atoms with Gasteiger partial charge in [-0.25, -0.2) is 13.2 Å². The van der Waals surface area contributed by atoms with Gasteiger partial charge in [0.1, 0.15) is 10.6 Å². The second-order valence-electron chi connectivity index (χ2n) is 6.67. The number of carboxylic acids is 1. The normalized spacial score (nSPS) is 11.8. The molecule has 0 aliphatic heterocycles. The average Bonchev–Trinajstić information content (AvgIpc) is 2.74. The maximum atomic E-state index is 13.1. The smallest absolute Gasteiger partial charge is 0.416 e. The molecule has 3 N–H and O–H groups in total. The number of rotatable bonds is 7. The van der Waals surface area contributed by atoms with Crippen molar-refractivity contribution in [3.8, 4) is 22.6 Å². The molecule has 0 saturated heterocycles. The molecule has 33 heavy (non-hydrogen) atoms. The van der Waals surface area contributed by atoms with E-state index in [1.165, 1.54) is 12.1 Å². The quantitative estimate of drug-likeness (QED) is 0.420. The predicted octanol–water partition coefficient (Wildman–Crippen LogP) is 5.00. The SMILES string of the molecule is O=C(O)COc1ccc(-c2ccccc2)cc1NS(=O)(=O)c1cc(C(F)(F)F)cc(Cl)c1O. The van der Waals surface area contributed by atoms with E-state index in [1.54, 1.807) is 36.4 Å². The van der Waals surface area contributed by atoms with Gasteiger partial charge < -0.3 is 14.9 Å². The molecule has 0 amide bonds. The van der Waals surface area contributed by atoms with Crippen molar-refractivity contribution in [1.29, 1.82) is 0 Å². The molecule has 174 valence electrons. The first-order valence-corrected chi connectivity index (χ1v) is 10.9. The van der Waals surface area contributed by atoms with Crippen molar-refractivity contribution < 1.29 is 41.3 Å². The molecule has 3 aromatic rings. The van der Waals surface area contributed by atoms with Crippen LogP contribution in [0.1, 0.15) is 5.56 Å². The number of nitrogens with one attached hydrogen (secondary N) is 1. The second kappa shape index (κ2) is 9.20. The summed E-state index contributed by atoms with van der Waals surface area (Å²) in [6.07, 6.45) is -4.93. The molecule has 12 heteroatoms. The van der Waals surface area contributed by atoms with E-state index in [1.807, 2.05) is 0 Å². The fourth-order valence-corrected chi connectivity index (χ4v) is 4.31. The fraction of sp³-hybridized carbons (Fsp3) is 0.0952. The number of halogens is 4. The first-order chi connectivity index (χ1) is 15.4. The Morgan fingerprint density at radius 2 is 1.70 bits per heavy atom. The Bertz CT molecular complexity index is 1300. The van der Waals surface area contributed by atoms with Crippen molar-refractivity contribution in [2.45, 2.75) is 11.1 Å². The van der Waals surface area contributed by atoms with Crippen LogP contribution in [0.2, 0.25) is 5.02 Å². The minimum atomic E-state index is -4.93. The van der Waals surface area contributed by atoms with Crippen LogP contribution in [0, 0.1) is 0 Å². The summed E-state index contributed by atoms with van der Waals surface area (Å²) in [5.74, 6) is -2.61. The fourth-order valence-electron chi connectivity index (χ4n) is 2.83. The molecule has 0 unspecified atom stereocenters. The van der Waals surface area contributed by atoms with Crippen molar-refractivity contribution in [3.05, 3.63) is 71.2 Å². The second-order valence-corrected chi connectivity index (χ2v) is 8.73. The summed E-state index contributed by atoms with van der Waals surface area (Å²) in [7, 11) is -4.82. The predicted molar refractivity (Wildman–Crippen MR) is 114 cm³/mol. The van der Waals surface area contributed by atoms with Crippen LogP contribution in [-0.2, 0) is 21.0 Å². The number of aromatic hydroxyl groups is 1. The van der Waals surface area contributed by atoms with E-state index in [0.717, 1.165) is 0 Å². The van der Waals surface area contributed by atoms with Crippen LogP contribution in [-0.4, -0.2) is 31.2 Å². The first kappa shape index (κ1) is 24.2. The highest BCUT2D eigenvalue weighted by Crippen LogP contribution is 2.40. The van der Waals surface area contributed by atoms with Crippen molar-refractivity contribution >= 4 is 33.3 Å². The Hall–Kier alpha value is -3.44. The number of alkyl halides is 3. The number of carboxylic acid groups (broad SMARTS) is 1. The molecule has 0 fully saturated rings. The van der Waals surface area contributed by atoms with Gasteiger partial charge in [0, 0.05) is 0 Å². The van der Waals surface area contributed by atoms with Crippen molar-refractivity contribution in [2.24, 2.45) is 0 Å². The molecule has 0 aromatic heterocycles. The molecule has 0 aliphatic rings. The van der Waals surface area contributed by atoms with Gasteiger partial charge in [-0.05, 0) is 35.4 Å². The number of ether oxygens (including phenoxy) is 1. The van der Waals surface area contributed by atoms with Gasteiger partial charge in [0.2, 0.25) is 0 Å². The van der Waals surface area contributed by atoms with Gasteiger partial charge in [0.15, 0.2) is 12.4 Å². The number of phenols is 1. The average molecular weight is 502 g/mol. The monoisotopic (exact) mass is 501 g/mol. The minimum Gasteiger partial charge on any atom is -0.505 e. The number of phenolic OH excluding ortho intramolecular Hbond substituents is 1.